The molecule has 8 rings (SSSR count). The van der Waals surface area contributed by atoms with Crippen molar-refractivity contribution in [1.29, 1.82) is 0 Å². The van der Waals surface area contributed by atoms with E-state index in [-0.39, 0.29) is 5.75 Å². The van der Waals surface area contributed by atoms with Crippen LogP contribution in [0, 0.1) is 0 Å². The quantitative estimate of drug-likeness (QED) is 0.228. The second-order valence-electron chi connectivity index (χ2n) is 10.7. The third-order valence-corrected chi connectivity index (χ3v) is 8.64. The molecular formula is C38H24ClN3O. The second kappa shape index (κ2) is 9.90. The highest BCUT2D eigenvalue weighted by molar-refractivity contribution is 6.31. The molecule has 4 nitrogen and oxygen atoms in total. The van der Waals surface area contributed by atoms with Gasteiger partial charge in [0.1, 0.15) is 12.1 Å². The topological polar surface area (TPSA) is 58.9 Å². The highest BCUT2D eigenvalue weighted by Gasteiger charge is 2.47. The molecule has 0 saturated carbocycles. The maximum absolute atomic E-state index is 10.8. The van der Waals surface area contributed by atoms with Crippen LogP contribution in [0.4, 0.5) is 0 Å². The number of aromatic nitrogens is 3. The van der Waals surface area contributed by atoms with Crippen LogP contribution in [0.3, 0.4) is 0 Å². The SMILES string of the molecule is Oc1ccccc1-c1cc(Cl)cc(C2(c3cccc(-c4ncnc5ccccc45)c3)c3ccccc3-c3ccccc32)n1. The first-order chi connectivity index (χ1) is 21.1. The number of fused-ring (bicyclic) bond motifs is 4. The second-order valence-corrected chi connectivity index (χ2v) is 11.2. The molecular weight excluding hydrogens is 550 g/mol. The van der Waals surface area contributed by atoms with Crippen LogP contribution in [-0.2, 0) is 5.41 Å². The van der Waals surface area contributed by atoms with Crippen molar-refractivity contribution in [2.75, 3.05) is 0 Å². The van der Waals surface area contributed by atoms with Crippen molar-refractivity contribution >= 4 is 22.5 Å². The molecule has 1 aliphatic rings. The Labute approximate surface area is 254 Å². The Kier molecular flexibility index (Phi) is 5.85. The van der Waals surface area contributed by atoms with Gasteiger partial charge in [-0.3, -0.25) is 4.98 Å². The van der Waals surface area contributed by atoms with Gasteiger partial charge in [-0.2, -0.15) is 0 Å². The number of rotatable bonds is 4. The van der Waals surface area contributed by atoms with E-state index in [2.05, 4.69) is 83.8 Å². The first-order valence-electron chi connectivity index (χ1n) is 14.1. The van der Waals surface area contributed by atoms with Gasteiger partial charge in [-0.05, 0) is 64.2 Å². The number of pyridine rings is 1. The molecule has 0 radical (unpaired) electrons. The molecule has 0 aliphatic heterocycles. The molecule has 0 spiro atoms. The number of hydrogen-bond donors (Lipinski definition) is 1. The standard InChI is InChI=1S/C38H24ClN3O/c39-26-21-34(29-14-4-8-19-35(29)43)42-36(22-26)38(31-16-5-1-12-27(31)28-13-2-6-17-32(28)38)25-11-9-10-24(20-25)37-30-15-3-7-18-33(30)40-23-41-37/h1-23,43H. The summed E-state index contributed by atoms with van der Waals surface area (Å²) in [6, 6.07) is 44.6. The maximum atomic E-state index is 10.8. The third-order valence-electron chi connectivity index (χ3n) is 8.42. The molecule has 204 valence electrons. The van der Waals surface area contributed by atoms with E-state index in [1.54, 1.807) is 18.5 Å². The Morgan fingerprint density at radius 3 is 2.05 bits per heavy atom. The molecule has 5 aromatic carbocycles. The fraction of sp³-hybridized carbons (Fsp3) is 0.0263. The van der Waals surface area contributed by atoms with Crippen LogP contribution in [-0.4, -0.2) is 20.1 Å². The summed E-state index contributed by atoms with van der Waals surface area (Å²) in [4.78, 5) is 14.5. The average Bonchev–Trinajstić information content (AvgIpc) is 3.36. The zero-order chi connectivity index (χ0) is 29.0. The molecule has 43 heavy (non-hydrogen) atoms. The lowest BCUT2D eigenvalue weighted by Crippen LogP contribution is -2.30. The van der Waals surface area contributed by atoms with E-state index in [1.165, 1.54) is 0 Å². The van der Waals surface area contributed by atoms with Crippen molar-refractivity contribution in [3.05, 3.63) is 167 Å². The summed E-state index contributed by atoms with van der Waals surface area (Å²) in [6.07, 6.45) is 1.62. The monoisotopic (exact) mass is 573 g/mol. The van der Waals surface area contributed by atoms with Gasteiger partial charge in [-0.15, -0.1) is 0 Å². The van der Waals surface area contributed by atoms with Crippen molar-refractivity contribution in [2.45, 2.75) is 5.41 Å². The Bertz CT molecular complexity index is 2140. The van der Waals surface area contributed by atoms with E-state index >= 15 is 0 Å². The minimum Gasteiger partial charge on any atom is -0.507 e. The normalized spacial score (nSPS) is 13.0. The number of nitrogens with zero attached hydrogens (tertiary/aromatic N) is 3. The fourth-order valence-electron chi connectivity index (χ4n) is 6.62. The Morgan fingerprint density at radius 1 is 0.605 bits per heavy atom. The van der Waals surface area contributed by atoms with Gasteiger partial charge in [0, 0.05) is 21.5 Å². The smallest absolute Gasteiger partial charge is 0.124 e. The van der Waals surface area contributed by atoms with Crippen molar-refractivity contribution < 1.29 is 5.11 Å². The molecule has 0 saturated heterocycles. The van der Waals surface area contributed by atoms with E-state index in [0.29, 0.717) is 16.3 Å². The Morgan fingerprint density at radius 2 is 1.28 bits per heavy atom. The number of halogens is 1. The number of hydrogen-bond acceptors (Lipinski definition) is 4. The molecule has 5 heteroatoms. The van der Waals surface area contributed by atoms with Gasteiger partial charge in [0.2, 0.25) is 0 Å². The minimum absolute atomic E-state index is 0.155. The number of benzene rings is 5. The molecule has 2 aromatic heterocycles. The molecule has 1 aliphatic carbocycles. The first kappa shape index (κ1) is 25.4. The van der Waals surface area contributed by atoms with Crippen LogP contribution in [0.5, 0.6) is 5.75 Å². The number of phenols is 1. The van der Waals surface area contributed by atoms with Crippen LogP contribution in [0.25, 0.3) is 44.5 Å². The molecule has 1 N–H and O–H groups in total. The van der Waals surface area contributed by atoms with Crippen LogP contribution >= 0.6 is 11.6 Å². The van der Waals surface area contributed by atoms with Gasteiger partial charge in [0.25, 0.3) is 0 Å². The van der Waals surface area contributed by atoms with Gasteiger partial charge in [-0.1, -0.05) is 109 Å². The Hall–Kier alpha value is -5.32. The van der Waals surface area contributed by atoms with Crippen molar-refractivity contribution in [3.63, 3.8) is 0 Å². The van der Waals surface area contributed by atoms with E-state index in [0.717, 1.165) is 55.7 Å². The lowest BCUT2D eigenvalue weighted by molar-refractivity contribution is 0.477. The maximum Gasteiger partial charge on any atom is 0.124 e. The highest BCUT2D eigenvalue weighted by Crippen LogP contribution is 2.56. The summed E-state index contributed by atoms with van der Waals surface area (Å²) in [5.41, 5.74) is 9.59. The highest BCUT2D eigenvalue weighted by atomic mass is 35.5. The minimum atomic E-state index is -0.782. The average molecular weight is 574 g/mol. The molecule has 2 heterocycles. The predicted molar refractivity (Wildman–Crippen MR) is 172 cm³/mol. The lowest BCUT2D eigenvalue weighted by Gasteiger charge is -2.33. The van der Waals surface area contributed by atoms with Crippen LogP contribution in [0.2, 0.25) is 5.02 Å². The fourth-order valence-corrected chi connectivity index (χ4v) is 6.83. The van der Waals surface area contributed by atoms with E-state index in [9.17, 15) is 5.11 Å². The summed E-state index contributed by atoms with van der Waals surface area (Å²) >= 11 is 6.89. The molecule has 0 bridgehead atoms. The summed E-state index contributed by atoms with van der Waals surface area (Å²) in [5.74, 6) is 0.155. The first-order valence-corrected chi connectivity index (χ1v) is 14.5. The zero-order valence-electron chi connectivity index (χ0n) is 22.9. The lowest BCUT2D eigenvalue weighted by atomic mass is 9.69. The van der Waals surface area contributed by atoms with E-state index in [1.807, 2.05) is 42.5 Å². The number of aromatic hydroxyl groups is 1. The van der Waals surface area contributed by atoms with Gasteiger partial charge in [0.05, 0.1) is 28.0 Å². The van der Waals surface area contributed by atoms with Crippen molar-refractivity contribution in [2.24, 2.45) is 0 Å². The molecule has 0 unspecified atom stereocenters. The van der Waals surface area contributed by atoms with Crippen LogP contribution in [0.15, 0.2) is 140 Å². The Balaban J connectivity index is 1.46. The van der Waals surface area contributed by atoms with Gasteiger partial charge in [0.15, 0.2) is 0 Å². The van der Waals surface area contributed by atoms with Gasteiger partial charge >= 0.3 is 0 Å². The largest absolute Gasteiger partial charge is 0.507 e. The van der Waals surface area contributed by atoms with Crippen LogP contribution in [0.1, 0.15) is 22.4 Å². The summed E-state index contributed by atoms with van der Waals surface area (Å²) < 4.78 is 0. The summed E-state index contributed by atoms with van der Waals surface area (Å²) in [7, 11) is 0. The summed E-state index contributed by atoms with van der Waals surface area (Å²) in [6.45, 7) is 0. The molecule has 0 amide bonds. The van der Waals surface area contributed by atoms with E-state index < -0.39 is 5.41 Å². The molecule has 0 atom stereocenters. The van der Waals surface area contributed by atoms with Crippen molar-refractivity contribution in [1.82, 2.24) is 15.0 Å². The van der Waals surface area contributed by atoms with Gasteiger partial charge < -0.3 is 5.11 Å². The number of para-hydroxylation sites is 2. The van der Waals surface area contributed by atoms with Crippen LogP contribution < -0.4 is 0 Å². The van der Waals surface area contributed by atoms with E-state index in [4.69, 9.17) is 21.6 Å². The third kappa shape index (κ3) is 3.88. The molecule has 7 aromatic rings. The predicted octanol–water partition coefficient (Wildman–Crippen LogP) is 9.08. The summed E-state index contributed by atoms with van der Waals surface area (Å²) in [5, 5.41) is 12.3. The van der Waals surface area contributed by atoms with Crippen molar-refractivity contribution in [3.8, 4) is 39.4 Å². The zero-order valence-corrected chi connectivity index (χ0v) is 23.7. The molecule has 0 fully saturated rings. The van der Waals surface area contributed by atoms with Gasteiger partial charge in [-0.25, -0.2) is 9.97 Å². The number of phenolic OH excluding ortho intramolecular Hbond substituents is 1.